The minimum absolute atomic E-state index is 0.0589. The summed E-state index contributed by atoms with van der Waals surface area (Å²) in [6, 6.07) is 2.86. The van der Waals surface area contributed by atoms with Crippen molar-refractivity contribution in [3.8, 4) is 0 Å². The van der Waals surface area contributed by atoms with E-state index in [1.54, 1.807) is 26.0 Å². The molecule has 0 bridgehead atoms. The van der Waals surface area contributed by atoms with Gasteiger partial charge in [-0.15, -0.1) is 0 Å². The molecule has 26 heavy (non-hydrogen) atoms. The summed E-state index contributed by atoms with van der Waals surface area (Å²) in [6.45, 7) is 3.58. The summed E-state index contributed by atoms with van der Waals surface area (Å²) in [6.07, 6.45) is 0.373. The Morgan fingerprint density at radius 2 is 1.88 bits per heavy atom. The fourth-order valence-corrected chi connectivity index (χ4v) is 4.58. The van der Waals surface area contributed by atoms with Crippen LogP contribution in [0.4, 0.5) is 10.5 Å². The van der Waals surface area contributed by atoms with Gasteiger partial charge in [0.25, 0.3) is 0 Å². The second-order valence-electron chi connectivity index (χ2n) is 6.56. The van der Waals surface area contributed by atoms with Crippen LogP contribution in [0.2, 0.25) is 10.0 Å². The minimum Gasteiger partial charge on any atom is -0.334 e. The maximum Gasteiger partial charge on any atom is 0.315 e. The first-order valence-corrected chi connectivity index (χ1v) is 10.7. The van der Waals surface area contributed by atoms with Crippen molar-refractivity contribution in [2.24, 2.45) is 5.92 Å². The lowest BCUT2D eigenvalue weighted by molar-refractivity contribution is -0.118. The molecule has 144 valence electrons. The third-order valence-electron chi connectivity index (χ3n) is 3.99. The first kappa shape index (κ1) is 20.8. The maximum absolute atomic E-state index is 12.5. The minimum atomic E-state index is -3.10. The number of anilines is 1. The summed E-state index contributed by atoms with van der Waals surface area (Å²) in [7, 11) is -3.10. The van der Waals surface area contributed by atoms with Crippen LogP contribution in [-0.4, -0.2) is 43.9 Å². The van der Waals surface area contributed by atoms with Crippen molar-refractivity contribution >= 4 is 50.7 Å². The largest absolute Gasteiger partial charge is 0.334 e. The molecule has 0 saturated carbocycles. The number of rotatable bonds is 5. The van der Waals surface area contributed by atoms with Gasteiger partial charge >= 0.3 is 6.03 Å². The molecule has 0 spiro atoms. The molecule has 2 rings (SSSR count). The van der Waals surface area contributed by atoms with Crippen molar-refractivity contribution < 1.29 is 18.0 Å². The first-order valence-electron chi connectivity index (χ1n) is 8.11. The molecule has 1 saturated heterocycles. The molecule has 2 atom stereocenters. The van der Waals surface area contributed by atoms with Crippen LogP contribution >= 0.6 is 23.2 Å². The van der Waals surface area contributed by atoms with E-state index in [0.29, 0.717) is 22.2 Å². The number of nitrogens with one attached hydrogen (secondary N) is 3. The maximum atomic E-state index is 12.5. The van der Waals surface area contributed by atoms with E-state index >= 15 is 0 Å². The van der Waals surface area contributed by atoms with Gasteiger partial charge in [0.15, 0.2) is 9.84 Å². The van der Waals surface area contributed by atoms with Crippen molar-refractivity contribution in [2.45, 2.75) is 32.4 Å². The number of hydrogen-bond acceptors (Lipinski definition) is 4. The second-order valence-corrected chi connectivity index (χ2v) is 9.60. The molecule has 7 nitrogen and oxygen atoms in total. The summed E-state index contributed by atoms with van der Waals surface area (Å²) in [5, 5.41) is 8.57. The summed E-state index contributed by atoms with van der Waals surface area (Å²) in [5.74, 6) is -0.616. The lowest BCUT2D eigenvalue weighted by atomic mass is 10.0. The van der Waals surface area contributed by atoms with Gasteiger partial charge in [-0.2, -0.15) is 0 Å². The van der Waals surface area contributed by atoms with Crippen molar-refractivity contribution in [3.63, 3.8) is 0 Å². The zero-order valence-corrected chi connectivity index (χ0v) is 16.7. The molecule has 10 heteroatoms. The molecule has 1 fully saturated rings. The number of carbonyl (C=O) groups excluding carboxylic acids is 2. The molecule has 1 heterocycles. The highest BCUT2D eigenvalue weighted by atomic mass is 35.5. The zero-order valence-electron chi connectivity index (χ0n) is 14.4. The van der Waals surface area contributed by atoms with Crippen LogP contribution in [0.3, 0.4) is 0 Å². The van der Waals surface area contributed by atoms with E-state index in [9.17, 15) is 18.0 Å². The summed E-state index contributed by atoms with van der Waals surface area (Å²) in [4.78, 5) is 24.6. The van der Waals surface area contributed by atoms with Crippen LogP contribution in [0, 0.1) is 5.92 Å². The van der Waals surface area contributed by atoms with E-state index in [-0.39, 0.29) is 17.4 Å². The van der Waals surface area contributed by atoms with Crippen LogP contribution in [0.25, 0.3) is 0 Å². The molecule has 1 aliphatic rings. The van der Waals surface area contributed by atoms with Crippen LogP contribution in [-0.2, 0) is 14.6 Å². The van der Waals surface area contributed by atoms with Gasteiger partial charge in [0.1, 0.15) is 6.04 Å². The van der Waals surface area contributed by atoms with Gasteiger partial charge in [0.05, 0.1) is 21.6 Å². The van der Waals surface area contributed by atoms with E-state index in [0.717, 1.165) is 0 Å². The number of benzene rings is 1. The Hall–Kier alpha value is -1.51. The molecule has 0 unspecified atom stereocenters. The van der Waals surface area contributed by atoms with Gasteiger partial charge in [-0.1, -0.05) is 37.0 Å². The Balaban J connectivity index is 1.97. The van der Waals surface area contributed by atoms with Gasteiger partial charge in [-0.3, -0.25) is 4.79 Å². The van der Waals surface area contributed by atoms with E-state index < -0.39 is 33.9 Å². The number of sulfone groups is 1. The number of amides is 3. The summed E-state index contributed by atoms with van der Waals surface area (Å²) >= 11 is 11.8. The molecule has 1 aromatic carbocycles. The summed E-state index contributed by atoms with van der Waals surface area (Å²) in [5.41, 5.74) is 0.458. The van der Waals surface area contributed by atoms with Crippen molar-refractivity contribution in [1.29, 1.82) is 0 Å². The van der Waals surface area contributed by atoms with Crippen LogP contribution in [0.1, 0.15) is 20.3 Å². The molecule has 0 aliphatic carbocycles. The highest BCUT2D eigenvalue weighted by Crippen LogP contribution is 2.25. The predicted octanol–water partition coefficient (Wildman–Crippen LogP) is 2.44. The Labute approximate surface area is 162 Å². The van der Waals surface area contributed by atoms with E-state index in [1.807, 2.05) is 0 Å². The fourth-order valence-electron chi connectivity index (χ4n) is 2.61. The van der Waals surface area contributed by atoms with Crippen LogP contribution in [0.5, 0.6) is 0 Å². The molecule has 1 aliphatic heterocycles. The van der Waals surface area contributed by atoms with Gasteiger partial charge in [-0.25, -0.2) is 13.2 Å². The van der Waals surface area contributed by atoms with Gasteiger partial charge < -0.3 is 16.0 Å². The molecule has 0 radical (unpaired) electrons. The zero-order chi connectivity index (χ0) is 19.5. The second kappa shape index (κ2) is 8.45. The van der Waals surface area contributed by atoms with Crippen molar-refractivity contribution in [2.75, 3.05) is 16.8 Å². The Morgan fingerprint density at radius 3 is 2.42 bits per heavy atom. The molecule has 3 N–H and O–H groups in total. The van der Waals surface area contributed by atoms with E-state index in [4.69, 9.17) is 23.2 Å². The van der Waals surface area contributed by atoms with E-state index in [1.165, 1.54) is 6.07 Å². The van der Waals surface area contributed by atoms with E-state index in [2.05, 4.69) is 16.0 Å². The van der Waals surface area contributed by atoms with Crippen molar-refractivity contribution in [1.82, 2.24) is 10.6 Å². The van der Waals surface area contributed by atoms with Crippen molar-refractivity contribution in [3.05, 3.63) is 28.2 Å². The number of urea groups is 1. The SMILES string of the molecule is CC(C)[C@H](NC(=O)N[C@H]1CCS(=O)(=O)C1)C(=O)Nc1ccc(Cl)c(Cl)c1. The monoisotopic (exact) mass is 421 g/mol. The molecule has 3 amide bonds. The highest BCUT2D eigenvalue weighted by molar-refractivity contribution is 7.91. The number of halogens is 2. The molecule has 1 aromatic rings. The first-order chi connectivity index (χ1) is 12.1. The Morgan fingerprint density at radius 1 is 1.19 bits per heavy atom. The standard InChI is InChI=1S/C16H21Cl2N3O4S/c1-9(2)14(15(22)19-10-3-4-12(17)13(18)7-10)21-16(23)20-11-5-6-26(24,25)8-11/h3-4,7,9,11,14H,5-6,8H2,1-2H3,(H,19,22)(H2,20,21,23)/t11-,14-/m0/s1. The third-order valence-corrected chi connectivity index (χ3v) is 6.50. The van der Waals surface area contributed by atoms with Crippen LogP contribution < -0.4 is 16.0 Å². The van der Waals surface area contributed by atoms with Crippen LogP contribution in [0.15, 0.2) is 18.2 Å². The fraction of sp³-hybridized carbons (Fsp3) is 0.500. The Kier molecular flexibility index (Phi) is 6.76. The van der Waals surface area contributed by atoms with Gasteiger partial charge in [0.2, 0.25) is 5.91 Å². The average Bonchev–Trinajstić information content (AvgIpc) is 2.86. The lowest BCUT2D eigenvalue weighted by Gasteiger charge is -2.23. The quantitative estimate of drug-likeness (QED) is 0.678. The Bertz CT molecular complexity index is 799. The molecular formula is C16H21Cl2N3O4S. The third kappa shape index (κ3) is 5.75. The number of hydrogen-bond donors (Lipinski definition) is 3. The number of carbonyl (C=O) groups is 2. The normalized spacial score (nSPS) is 19.8. The average molecular weight is 422 g/mol. The van der Waals surface area contributed by atoms with Gasteiger partial charge in [0, 0.05) is 11.7 Å². The molecular weight excluding hydrogens is 401 g/mol. The smallest absolute Gasteiger partial charge is 0.315 e. The topological polar surface area (TPSA) is 104 Å². The van der Waals surface area contributed by atoms with Gasteiger partial charge in [-0.05, 0) is 30.5 Å². The predicted molar refractivity (Wildman–Crippen MR) is 102 cm³/mol. The summed E-state index contributed by atoms with van der Waals surface area (Å²) < 4.78 is 22.9. The lowest BCUT2D eigenvalue weighted by Crippen LogP contribution is -2.52. The molecule has 0 aromatic heterocycles. The highest BCUT2D eigenvalue weighted by Gasteiger charge is 2.30.